The van der Waals surface area contributed by atoms with Gasteiger partial charge in [0, 0.05) is 5.56 Å². The number of nitrogens with one attached hydrogen (secondary N) is 1. The largest absolute Gasteiger partial charge is 0.347 e. The van der Waals surface area contributed by atoms with E-state index in [1.807, 2.05) is 60.7 Å². The number of piperidine rings is 1. The summed E-state index contributed by atoms with van der Waals surface area (Å²) < 4.78 is 0.969. The standard InChI is InChI=1S/C27H30N2O/c1-29(20-22-12-5-2-6-13-22)19-11-18-25(21-29)28-27(30)26(23-14-7-3-8-15-23)24-16-9-4-10-17-24/h2-10,12-17,25-26H,11,18-21H2,1H3/p+1. The maximum Gasteiger partial charge on any atom is 0.232 e. The summed E-state index contributed by atoms with van der Waals surface area (Å²) in [7, 11) is 2.32. The van der Waals surface area contributed by atoms with Gasteiger partial charge in [0.1, 0.15) is 6.54 Å². The van der Waals surface area contributed by atoms with Gasteiger partial charge in [0.2, 0.25) is 5.91 Å². The molecule has 2 atom stereocenters. The summed E-state index contributed by atoms with van der Waals surface area (Å²) in [4.78, 5) is 13.5. The number of hydrogen-bond donors (Lipinski definition) is 1. The highest BCUT2D eigenvalue weighted by Gasteiger charge is 2.34. The first-order valence-corrected chi connectivity index (χ1v) is 10.9. The normalized spacial score (nSPS) is 21.3. The number of rotatable bonds is 6. The molecule has 154 valence electrons. The van der Waals surface area contributed by atoms with Crippen LogP contribution in [0.1, 0.15) is 35.4 Å². The Bertz CT molecular complexity index is 903. The molecule has 0 radical (unpaired) electrons. The molecule has 0 spiro atoms. The fourth-order valence-electron chi connectivity index (χ4n) is 4.79. The fraction of sp³-hybridized carbons (Fsp3) is 0.296. The smallest absolute Gasteiger partial charge is 0.232 e. The number of nitrogens with zero attached hydrogens (tertiary/aromatic N) is 1. The Morgan fingerprint density at radius 2 is 1.43 bits per heavy atom. The van der Waals surface area contributed by atoms with Gasteiger partial charge in [-0.15, -0.1) is 0 Å². The Labute approximate surface area is 180 Å². The molecule has 1 saturated heterocycles. The number of amides is 1. The third kappa shape index (κ3) is 4.98. The van der Waals surface area contributed by atoms with E-state index in [0.29, 0.717) is 0 Å². The number of quaternary nitrogens is 1. The van der Waals surface area contributed by atoms with Gasteiger partial charge in [0.05, 0.1) is 32.1 Å². The SMILES string of the molecule is C[N+]1(Cc2ccccc2)CCCC(NC(=O)C(c2ccccc2)c2ccccc2)C1. The van der Waals surface area contributed by atoms with Crippen molar-refractivity contribution in [2.45, 2.75) is 31.3 Å². The maximum absolute atomic E-state index is 13.5. The van der Waals surface area contributed by atoms with Crippen LogP contribution in [-0.4, -0.2) is 36.6 Å². The summed E-state index contributed by atoms with van der Waals surface area (Å²) in [5.41, 5.74) is 3.44. The van der Waals surface area contributed by atoms with Gasteiger partial charge in [-0.25, -0.2) is 0 Å². The second-order valence-electron chi connectivity index (χ2n) is 8.77. The number of carbonyl (C=O) groups is 1. The lowest BCUT2D eigenvalue weighted by Gasteiger charge is -2.42. The lowest BCUT2D eigenvalue weighted by Crippen LogP contribution is -2.57. The molecule has 1 fully saturated rings. The van der Waals surface area contributed by atoms with Gasteiger partial charge in [-0.3, -0.25) is 4.79 Å². The summed E-state index contributed by atoms with van der Waals surface area (Å²) in [6, 6.07) is 31.1. The average molecular weight is 400 g/mol. The molecular formula is C27H31N2O+. The van der Waals surface area contributed by atoms with Crippen LogP contribution < -0.4 is 5.32 Å². The predicted octanol–water partition coefficient (Wildman–Crippen LogP) is 4.74. The molecule has 4 rings (SSSR count). The van der Waals surface area contributed by atoms with Crippen molar-refractivity contribution in [1.82, 2.24) is 5.32 Å². The molecular weight excluding hydrogens is 368 g/mol. The highest BCUT2D eigenvalue weighted by molar-refractivity contribution is 5.87. The van der Waals surface area contributed by atoms with E-state index >= 15 is 0 Å². The lowest BCUT2D eigenvalue weighted by molar-refractivity contribution is -0.927. The molecule has 3 aromatic rings. The Morgan fingerprint density at radius 3 is 2.00 bits per heavy atom. The zero-order valence-electron chi connectivity index (χ0n) is 17.7. The quantitative estimate of drug-likeness (QED) is 0.596. The second kappa shape index (κ2) is 9.27. The number of likely N-dealkylation sites (N-methyl/N-ethyl adjacent to an activating group) is 1. The minimum Gasteiger partial charge on any atom is -0.347 e. The van der Waals surface area contributed by atoms with E-state index in [0.717, 1.165) is 48.1 Å². The minimum absolute atomic E-state index is 0.102. The van der Waals surface area contributed by atoms with Crippen molar-refractivity contribution in [3.8, 4) is 0 Å². The molecule has 3 heteroatoms. The molecule has 3 nitrogen and oxygen atoms in total. The summed E-state index contributed by atoms with van der Waals surface area (Å²) in [6.45, 7) is 3.13. The van der Waals surface area contributed by atoms with Crippen LogP contribution in [0.5, 0.6) is 0 Å². The summed E-state index contributed by atoms with van der Waals surface area (Å²) in [5.74, 6) is -0.173. The summed E-state index contributed by atoms with van der Waals surface area (Å²) in [6.07, 6.45) is 2.18. The predicted molar refractivity (Wildman–Crippen MR) is 122 cm³/mol. The second-order valence-corrected chi connectivity index (χ2v) is 8.77. The maximum atomic E-state index is 13.5. The van der Waals surface area contributed by atoms with Gasteiger partial charge in [-0.05, 0) is 24.0 Å². The van der Waals surface area contributed by atoms with Crippen molar-refractivity contribution >= 4 is 5.91 Å². The van der Waals surface area contributed by atoms with Crippen LogP contribution in [0.3, 0.4) is 0 Å². The van der Waals surface area contributed by atoms with Gasteiger partial charge in [0.25, 0.3) is 0 Å². The third-order valence-corrected chi connectivity index (χ3v) is 6.19. The number of carbonyl (C=O) groups excluding carboxylic acids is 1. The molecule has 1 heterocycles. The molecule has 30 heavy (non-hydrogen) atoms. The monoisotopic (exact) mass is 399 g/mol. The highest BCUT2D eigenvalue weighted by atomic mass is 16.2. The van der Waals surface area contributed by atoms with Gasteiger partial charge in [-0.2, -0.15) is 0 Å². The molecule has 2 unspecified atom stereocenters. The molecule has 0 bridgehead atoms. The van der Waals surface area contributed by atoms with Crippen LogP contribution >= 0.6 is 0 Å². The van der Waals surface area contributed by atoms with Gasteiger partial charge in [-0.1, -0.05) is 91.0 Å². The Balaban J connectivity index is 1.49. The first kappa shape index (κ1) is 20.4. The topological polar surface area (TPSA) is 29.1 Å². The van der Waals surface area contributed by atoms with Gasteiger partial charge >= 0.3 is 0 Å². The van der Waals surface area contributed by atoms with E-state index < -0.39 is 0 Å². The van der Waals surface area contributed by atoms with E-state index in [-0.39, 0.29) is 17.9 Å². The highest BCUT2D eigenvalue weighted by Crippen LogP contribution is 2.26. The van der Waals surface area contributed by atoms with Crippen LogP contribution in [0.25, 0.3) is 0 Å². The van der Waals surface area contributed by atoms with E-state index in [4.69, 9.17) is 0 Å². The Kier molecular flexibility index (Phi) is 6.29. The third-order valence-electron chi connectivity index (χ3n) is 6.19. The van der Waals surface area contributed by atoms with Crippen LogP contribution in [0.15, 0.2) is 91.0 Å². The average Bonchev–Trinajstić information content (AvgIpc) is 2.76. The minimum atomic E-state index is -0.276. The molecule has 1 amide bonds. The zero-order chi connectivity index (χ0) is 20.8. The fourth-order valence-corrected chi connectivity index (χ4v) is 4.79. The summed E-state index contributed by atoms with van der Waals surface area (Å²) in [5, 5.41) is 3.40. The van der Waals surface area contributed by atoms with E-state index in [9.17, 15) is 4.79 Å². The van der Waals surface area contributed by atoms with Gasteiger partial charge in [0.15, 0.2) is 0 Å². The van der Waals surface area contributed by atoms with Crippen molar-refractivity contribution in [3.05, 3.63) is 108 Å². The van der Waals surface area contributed by atoms with Crippen LogP contribution in [0.4, 0.5) is 0 Å². The molecule has 1 aliphatic heterocycles. The molecule has 0 saturated carbocycles. The van der Waals surface area contributed by atoms with Gasteiger partial charge < -0.3 is 9.80 Å². The first-order valence-electron chi connectivity index (χ1n) is 10.9. The Hall–Kier alpha value is -2.91. The summed E-state index contributed by atoms with van der Waals surface area (Å²) >= 11 is 0. The number of likely N-dealkylation sites (tertiary alicyclic amines) is 1. The molecule has 1 N–H and O–H groups in total. The van der Waals surface area contributed by atoms with Crippen molar-refractivity contribution in [1.29, 1.82) is 0 Å². The van der Waals surface area contributed by atoms with Crippen molar-refractivity contribution < 1.29 is 9.28 Å². The van der Waals surface area contributed by atoms with Crippen molar-refractivity contribution in [2.24, 2.45) is 0 Å². The van der Waals surface area contributed by atoms with Crippen molar-refractivity contribution in [2.75, 3.05) is 20.1 Å². The number of hydrogen-bond acceptors (Lipinski definition) is 1. The van der Waals surface area contributed by atoms with Crippen LogP contribution in [0.2, 0.25) is 0 Å². The molecule has 1 aliphatic rings. The van der Waals surface area contributed by atoms with Crippen LogP contribution in [-0.2, 0) is 11.3 Å². The Morgan fingerprint density at radius 1 is 0.900 bits per heavy atom. The van der Waals surface area contributed by atoms with E-state index in [1.54, 1.807) is 0 Å². The number of benzene rings is 3. The van der Waals surface area contributed by atoms with E-state index in [2.05, 4.69) is 42.7 Å². The van der Waals surface area contributed by atoms with Crippen LogP contribution in [0, 0.1) is 0 Å². The molecule has 3 aromatic carbocycles. The van der Waals surface area contributed by atoms with E-state index in [1.165, 1.54) is 5.56 Å². The first-order chi connectivity index (χ1) is 14.6. The van der Waals surface area contributed by atoms with Crippen molar-refractivity contribution in [3.63, 3.8) is 0 Å². The lowest BCUT2D eigenvalue weighted by atomic mass is 9.90. The molecule has 0 aliphatic carbocycles. The molecule has 0 aromatic heterocycles. The zero-order valence-corrected chi connectivity index (χ0v) is 17.7.